The van der Waals surface area contributed by atoms with Gasteiger partial charge in [-0.2, -0.15) is 0 Å². The van der Waals surface area contributed by atoms with Gasteiger partial charge in [-0.05, 0) is 51.6 Å². The minimum atomic E-state index is 0.0710. The lowest BCUT2D eigenvalue weighted by molar-refractivity contribution is 0.0798. The van der Waals surface area contributed by atoms with Crippen LogP contribution in [0.25, 0.3) is 0 Å². The molecule has 1 unspecified atom stereocenters. The predicted molar refractivity (Wildman–Crippen MR) is 75.4 cm³/mol. The first-order valence-corrected chi connectivity index (χ1v) is 8.54. The molecule has 0 heterocycles. The van der Waals surface area contributed by atoms with E-state index in [9.17, 15) is 0 Å². The molecule has 0 radical (unpaired) electrons. The molecule has 104 valence electrons. The van der Waals surface area contributed by atoms with Gasteiger partial charge in [-0.15, -0.1) is 7.92 Å². The highest BCUT2D eigenvalue weighted by atomic mass is 31.1. The lowest BCUT2D eigenvalue weighted by Gasteiger charge is -2.17. The molecule has 17 heavy (non-hydrogen) atoms. The first-order chi connectivity index (χ1) is 8.20. The molecule has 0 spiro atoms. The molecule has 0 amide bonds. The molecule has 1 atom stereocenters. The fourth-order valence-electron chi connectivity index (χ4n) is 1.67. The van der Waals surface area contributed by atoms with Crippen LogP contribution in [-0.4, -0.2) is 56.6 Å². The first kappa shape index (κ1) is 17.3. The predicted octanol–water partition coefficient (Wildman–Crippen LogP) is 2.70. The van der Waals surface area contributed by atoms with Gasteiger partial charge in [0.15, 0.2) is 0 Å². The SMILES string of the molecule is COCCCP(CCCO)CCCOC(C)C. The highest BCUT2D eigenvalue weighted by molar-refractivity contribution is 7.57. The Morgan fingerprint density at radius 2 is 1.59 bits per heavy atom. The molecule has 0 aliphatic heterocycles. The van der Waals surface area contributed by atoms with Gasteiger partial charge in [0.1, 0.15) is 0 Å². The topological polar surface area (TPSA) is 38.7 Å². The van der Waals surface area contributed by atoms with E-state index < -0.39 is 0 Å². The van der Waals surface area contributed by atoms with E-state index in [1.54, 1.807) is 7.11 Å². The van der Waals surface area contributed by atoms with E-state index in [1.807, 2.05) is 0 Å². The molecule has 0 bridgehead atoms. The summed E-state index contributed by atoms with van der Waals surface area (Å²) in [6.07, 6.45) is 7.32. The summed E-state index contributed by atoms with van der Waals surface area (Å²) >= 11 is 0. The van der Waals surface area contributed by atoms with Crippen LogP contribution in [0.2, 0.25) is 0 Å². The van der Waals surface area contributed by atoms with Crippen molar-refractivity contribution in [2.75, 3.05) is 45.4 Å². The number of methoxy groups -OCH3 is 1. The standard InChI is InChI=1S/C13H29O3P/c1-13(2)16-9-6-12-17(10-4-7-14)11-5-8-15-3/h13-14H,4-12H2,1-3H3. The maximum absolute atomic E-state index is 8.89. The average Bonchev–Trinajstić information content (AvgIpc) is 2.30. The van der Waals surface area contributed by atoms with Crippen LogP contribution in [0.15, 0.2) is 0 Å². The molecule has 0 saturated heterocycles. The van der Waals surface area contributed by atoms with E-state index in [4.69, 9.17) is 14.6 Å². The van der Waals surface area contributed by atoms with E-state index >= 15 is 0 Å². The highest BCUT2D eigenvalue weighted by Crippen LogP contribution is 2.37. The Kier molecular flexibility index (Phi) is 13.0. The maximum atomic E-state index is 8.89. The minimum absolute atomic E-state index is 0.0710. The van der Waals surface area contributed by atoms with E-state index in [-0.39, 0.29) is 7.92 Å². The largest absolute Gasteiger partial charge is 0.396 e. The van der Waals surface area contributed by atoms with Gasteiger partial charge >= 0.3 is 0 Å². The molecule has 0 aromatic carbocycles. The van der Waals surface area contributed by atoms with Gasteiger partial charge in [-0.1, -0.05) is 0 Å². The van der Waals surface area contributed by atoms with Crippen molar-refractivity contribution in [2.24, 2.45) is 0 Å². The molecule has 0 aliphatic rings. The number of hydrogen-bond donors (Lipinski definition) is 1. The van der Waals surface area contributed by atoms with Gasteiger partial charge in [-0.25, -0.2) is 0 Å². The summed E-state index contributed by atoms with van der Waals surface area (Å²) in [5.74, 6) is 0. The third-order valence-electron chi connectivity index (χ3n) is 2.53. The number of ether oxygens (including phenoxy) is 2. The summed E-state index contributed by atoms with van der Waals surface area (Å²) in [4.78, 5) is 0. The number of rotatable bonds is 12. The quantitative estimate of drug-likeness (QED) is 0.435. The molecule has 0 aromatic heterocycles. The Bertz CT molecular complexity index is 154. The zero-order valence-electron chi connectivity index (χ0n) is 11.7. The summed E-state index contributed by atoms with van der Waals surface area (Å²) in [6.45, 7) is 6.21. The Balaban J connectivity index is 3.60. The van der Waals surface area contributed by atoms with E-state index in [2.05, 4.69) is 13.8 Å². The lowest BCUT2D eigenvalue weighted by Crippen LogP contribution is -2.07. The molecule has 1 N–H and O–H groups in total. The number of aliphatic hydroxyl groups is 1. The second-order valence-electron chi connectivity index (χ2n) is 4.54. The van der Waals surface area contributed by atoms with Crippen molar-refractivity contribution in [2.45, 2.75) is 39.2 Å². The third-order valence-corrected chi connectivity index (χ3v) is 5.37. The molecule has 0 fully saturated rings. The molecule has 0 saturated carbocycles. The Labute approximate surface area is 108 Å². The first-order valence-electron chi connectivity index (χ1n) is 6.64. The number of hydrogen-bond acceptors (Lipinski definition) is 3. The van der Waals surface area contributed by atoms with Gasteiger partial charge in [-0.3, -0.25) is 0 Å². The van der Waals surface area contributed by atoms with Crippen LogP contribution in [0, 0.1) is 0 Å². The van der Waals surface area contributed by atoms with Crippen LogP contribution in [0.4, 0.5) is 0 Å². The van der Waals surface area contributed by atoms with E-state index in [1.165, 1.54) is 18.5 Å². The lowest BCUT2D eigenvalue weighted by atomic mass is 10.4. The summed E-state index contributed by atoms with van der Waals surface area (Å²) in [7, 11) is 1.83. The zero-order valence-corrected chi connectivity index (χ0v) is 12.5. The molecule has 0 rings (SSSR count). The second-order valence-corrected chi connectivity index (χ2v) is 7.22. The van der Waals surface area contributed by atoms with Crippen LogP contribution in [0.1, 0.15) is 33.1 Å². The van der Waals surface area contributed by atoms with Crippen molar-refractivity contribution in [3.63, 3.8) is 0 Å². The Morgan fingerprint density at radius 1 is 1.00 bits per heavy atom. The molecule has 0 aromatic rings. The summed E-state index contributed by atoms with van der Waals surface area (Å²) in [5.41, 5.74) is 0. The molecular formula is C13H29O3P. The molecular weight excluding hydrogens is 235 g/mol. The third kappa shape index (κ3) is 12.6. The Hall–Kier alpha value is 0.310. The average molecular weight is 264 g/mol. The fourth-order valence-corrected chi connectivity index (χ4v) is 4.08. The van der Waals surface area contributed by atoms with E-state index in [0.29, 0.717) is 12.7 Å². The molecule has 0 aliphatic carbocycles. The fraction of sp³-hybridized carbons (Fsp3) is 1.00. The van der Waals surface area contributed by atoms with Crippen molar-refractivity contribution in [1.29, 1.82) is 0 Å². The zero-order chi connectivity index (χ0) is 12.9. The van der Waals surface area contributed by atoms with Gasteiger partial charge in [0.2, 0.25) is 0 Å². The van der Waals surface area contributed by atoms with Crippen molar-refractivity contribution in [1.82, 2.24) is 0 Å². The van der Waals surface area contributed by atoms with Gasteiger partial charge in [0.25, 0.3) is 0 Å². The summed E-state index contributed by atoms with van der Waals surface area (Å²) < 4.78 is 10.6. The van der Waals surface area contributed by atoms with Gasteiger partial charge < -0.3 is 14.6 Å². The van der Waals surface area contributed by atoms with Crippen molar-refractivity contribution < 1.29 is 14.6 Å². The summed E-state index contributed by atoms with van der Waals surface area (Å²) in [6, 6.07) is 0. The normalized spacial score (nSPS) is 13.2. The van der Waals surface area contributed by atoms with Crippen molar-refractivity contribution in [3.8, 4) is 0 Å². The number of aliphatic hydroxyl groups excluding tert-OH is 1. The van der Waals surface area contributed by atoms with Crippen molar-refractivity contribution in [3.05, 3.63) is 0 Å². The monoisotopic (exact) mass is 264 g/mol. The molecule has 4 heteroatoms. The van der Waals surface area contributed by atoms with Crippen LogP contribution >= 0.6 is 7.92 Å². The van der Waals surface area contributed by atoms with Crippen LogP contribution in [0.3, 0.4) is 0 Å². The second kappa shape index (κ2) is 12.8. The smallest absolute Gasteiger partial charge is 0.0518 e. The maximum Gasteiger partial charge on any atom is 0.0518 e. The van der Waals surface area contributed by atoms with Crippen LogP contribution < -0.4 is 0 Å². The Morgan fingerprint density at radius 3 is 2.12 bits per heavy atom. The van der Waals surface area contributed by atoms with Gasteiger partial charge in [0.05, 0.1) is 6.10 Å². The van der Waals surface area contributed by atoms with Gasteiger partial charge in [0, 0.05) is 26.9 Å². The summed E-state index contributed by atoms with van der Waals surface area (Å²) in [5, 5.41) is 8.89. The van der Waals surface area contributed by atoms with E-state index in [0.717, 1.165) is 32.5 Å². The van der Waals surface area contributed by atoms with Crippen molar-refractivity contribution >= 4 is 7.92 Å². The highest BCUT2D eigenvalue weighted by Gasteiger charge is 2.07. The minimum Gasteiger partial charge on any atom is -0.396 e. The van der Waals surface area contributed by atoms with Crippen LogP contribution in [-0.2, 0) is 9.47 Å². The molecule has 3 nitrogen and oxygen atoms in total. The van der Waals surface area contributed by atoms with Crippen LogP contribution in [0.5, 0.6) is 0 Å².